The summed E-state index contributed by atoms with van der Waals surface area (Å²) in [5.74, 6) is 1.45. The van der Waals surface area contributed by atoms with Crippen molar-refractivity contribution in [2.45, 2.75) is 45.4 Å². The second-order valence-corrected chi connectivity index (χ2v) is 7.56. The average Bonchev–Trinajstić information content (AvgIpc) is 2.57. The number of piperidine rings is 1. The van der Waals surface area contributed by atoms with Crippen LogP contribution in [-0.2, 0) is 11.2 Å². The lowest BCUT2D eigenvalue weighted by Crippen LogP contribution is -2.31. The van der Waals surface area contributed by atoms with E-state index in [4.69, 9.17) is 0 Å². The first-order valence-electron chi connectivity index (χ1n) is 8.89. The molecule has 0 aromatic heterocycles. The molecule has 1 aliphatic heterocycles. The van der Waals surface area contributed by atoms with Crippen LogP contribution in [0.5, 0.6) is 0 Å². The number of amides is 1. The lowest BCUT2D eigenvalue weighted by molar-refractivity contribution is -0.121. The third kappa shape index (κ3) is 8.00. The van der Waals surface area contributed by atoms with E-state index in [2.05, 4.69) is 51.7 Å². The average molecular weight is 418 g/mol. The third-order valence-electron chi connectivity index (χ3n) is 4.82. The molecule has 1 heterocycles. The first-order chi connectivity index (χ1) is 11.2. The van der Waals surface area contributed by atoms with Gasteiger partial charge in [0.15, 0.2) is 0 Å². The lowest BCUT2D eigenvalue weighted by Gasteiger charge is -2.22. The zero-order valence-electron chi connectivity index (χ0n) is 14.5. The third-order valence-corrected chi connectivity index (χ3v) is 5.31. The van der Waals surface area contributed by atoms with E-state index in [1.54, 1.807) is 0 Å². The lowest BCUT2D eigenvalue weighted by atomic mass is 9.93. The summed E-state index contributed by atoms with van der Waals surface area (Å²) < 4.78 is 1.12. The normalized spacial score (nSPS) is 16.2. The topological polar surface area (TPSA) is 41.1 Å². The maximum Gasteiger partial charge on any atom is 0.220 e. The predicted molar refractivity (Wildman–Crippen MR) is 107 cm³/mol. The zero-order chi connectivity index (χ0) is 16.5. The molecule has 0 radical (unpaired) electrons. The summed E-state index contributed by atoms with van der Waals surface area (Å²) in [4.78, 5) is 12.1. The maximum atomic E-state index is 12.1. The predicted octanol–water partition coefficient (Wildman–Crippen LogP) is 4.34. The van der Waals surface area contributed by atoms with E-state index >= 15 is 0 Å². The summed E-state index contributed by atoms with van der Waals surface area (Å²) in [6.07, 6.45) is 6.25. The molecule has 0 aliphatic carbocycles. The number of carbonyl (C=O) groups excluding carboxylic acids is 1. The van der Waals surface area contributed by atoms with Crippen LogP contribution in [0.3, 0.4) is 0 Å². The Morgan fingerprint density at radius 2 is 2.12 bits per heavy atom. The summed E-state index contributed by atoms with van der Waals surface area (Å²) in [5, 5.41) is 6.52. The van der Waals surface area contributed by atoms with Crippen molar-refractivity contribution >= 4 is 34.2 Å². The molecule has 1 aromatic carbocycles. The summed E-state index contributed by atoms with van der Waals surface area (Å²) >= 11 is 3.52. The Labute approximate surface area is 160 Å². The number of rotatable bonds is 8. The minimum absolute atomic E-state index is 0. The van der Waals surface area contributed by atoms with Crippen LogP contribution in [0.4, 0.5) is 0 Å². The largest absolute Gasteiger partial charge is 0.356 e. The second kappa shape index (κ2) is 11.9. The molecule has 2 rings (SSSR count). The van der Waals surface area contributed by atoms with Crippen LogP contribution in [0.2, 0.25) is 0 Å². The molecule has 1 aromatic rings. The monoisotopic (exact) mass is 416 g/mol. The SMILES string of the molecule is CCC(CNC(=O)CCC1CCNCC1)Cc1cccc(Br)c1.Cl. The van der Waals surface area contributed by atoms with Gasteiger partial charge in [-0.3, -0.25) is 4.79 Å². The molecular weight excluding hydrogens is 388 g/mol. The van der Waals surface area contributed by atoms with Crippen LogP contribution in [0.25, 0.3) is 0 Å². The molecule has 24 heavy (non-hydrogen) atoms. The van der Waals surface area contributed by atoms with E-state index in [1.165, 1.54) is 18.4 Å². The fourth-order valence-electron chi connectivity index (χ4n) is 3.21. The highest BCUT2D eigenvalue weighted by atomic mass is 79.9. The summed E-state index contributed by atoms with van der Waals surface area (Å²) in [7, 11) is 0. The zero-order valence-corrected chi connectivity index (χ0v) is 16.9. The van der Waals surface area contributed by atoms with E-state index in [0.29, 0.717) is 12.3 Å². The molecule has 0 spiro atoms. The van der Waals surface area contributed by atoms with Crippen molar-refractivity contribution in [3.63, 3.8) is 0 Å². The second-order valence-electron chi connectivity index (χ2n) is 6.64. The smallest absolute Gasteiger partial charge is 0.220 e. The molecule has 1 atom stereocenters. The van der Waals surface area contributed by atoms with Crippen molar-refractivity contribution in [1.82, 2.24) is 10.6 Å². The van der Waals surface area contributed by atoms with Crippen molar-refractivity contribution in [3.8, 4) is 0 Å². The fourth-order valence-corrected chi connectivity index (χ4v) is 3.66. The summed E-state index contributed by atoms with van der Waals surface area (Å²) in [5.41, 5.74) is 1.33. The van der Waals surface area contributed by atoms with Gasteiger partial charge in [0.2, 0.25) is 5.91 Å². The number of hydrogen-bond donors (Lipinski definition) is 2. The van der Waals surface area contributed by atoms with E-state index in [0.717, 1.165) is 49.3 Å². The standard InChI is InChI=1S/C19H29BrN2O.ClH/c1-2-15(12-17-4-3-5-18(20)13-17)14-22-19(23)7-6-16-8-10-21-11-9-16;/h3-5,13,15-16,21H,2,6-12,14H2,1H3,(H,22,23);1H. The van der Waals surface area contributed by atoms with E-state index in [9.17, 15) is 4.79 Å². The van der Waals surface area contributed by atoms with Crippen LogP contribution < -0.4 is 10.6 Å². The molecule has 136 valence electrons. The highest BCUT2D eigenvalue weighted by molar-refractivity contribution is 9.10. The van der Waals surface area contributed by atoms with Crippen molar-refractivity contribution in [2.24, 2.45) is 11.8 Å². The molecule has 0 saturated carbocycles. The van der Waals surface area contributed by atoms with Crippen LogP contribution in [-0.4, -0.2) is 25.5 Å². The molecule has 0 bridgehead atoms. The number of benzene rings is 1. The summed E-state index contributed by atoms with van der Waals surface area (Å²) in [6.45, 7) is 5.20. The first-order valence-corrected chi connectivity index (χ1v) is 9.68. The molecular formula is C19H30BrClN2O. The minimum atomic E-state index is 0. The van der Waals surface area contributed by atoms with Gasteiger partial charge >= 0.3 is 0 Å². The Balaban J connectivity index is 0.00000288. The van der Waals surface area contributed by atoms with Crippen molar-refractivity contribution in [2.75, 3.05) is 19.6 Å². The Kier molecular flexibility index (Phi) is 10.6. The van der Waals surface area contributed by atoms with Crippen molar-refractivity contribution in [3.05, 3.63) is 34.3 Å². The van der Waals surface area contributed by atoms with E-state index < -0.39 is 0 Å². The highest BCUT2D eigenvalue weighted by Gasteiger charge is 2.15. The highest BCUT2D eigenvalue weighted by Crippen LogP contribution is 2.18. The number of carbonyl (C=O) groups is 1. The van der Waals surface area contributed by atoms with Gasteiger partial charge in [0.25, 0.3) is 0 Å². The summed E-state index contributed by atoms with van der Waals surface area (Å²) in [6, 6.07) is 8.45. The van der Waals surface area contributed by atoms with Gasteiger partial charge in [-0.1, -0.05) is 41.4 Å². The van der Waals surface area contributed by atoms with Crippen molar-refractivity contribution in [1.29, 1.82) is 0 Å². The number of hydrogen-bond acceptors (Lipinski definition) is 2. The molecule has 2 N–H and O–H groups in total. The van der Waals surface area contributed by atoms with E-state index in [1.807, 2.05) is 6.07 Å². The molecule has 1 unspecified atom stereocenters. The van der Waals surface area contributed by atoms with Crippen molar-refractivity contribution < 1.29 is 4.79 Å². The molecule has 1 aliphatic rings. The Morgan fingerprint density at radius 1 is 1.38 bits per heavy atom. The fraction of sp³-hybridized carbons (Fsp3) is 0.632. The number of halogens is 2. The van der Waals surface area contributed by atoms with Gasteiger partial charge in [-0.15, -0.1) is 12.4 Å². The maximum absolute atomic E-state index is 12.1. The van der Waals surface area contributed by atoms with Crippen LogP contribution in [0.15, 0.2) is 28.7 Å². The molecule has 3 nitrogen and oxygen atoms in total. The number of nitrogens with one attached hydrogen (secondary N) is 2. The first kappa shape index (κ1) is 21.5. The van der Waals surface area contributed by atoms with Crippen LogP contribution >= 0.6 is 28.3 Å². The Morgan fingerprint density at radius 3 is 2.79 bits per heavy atom. The van der Waals surface area contributed by atoms with Gasteiger partial charge in [0.05, 0.1) is 0 Å². The molecule has 1 fully saturated rings. The van der Waals surface area contributed by atoms with Gasteiger partial charge in [-0.05, 0) is 68.3 Å². The van der Waals surface area contributed by atoms with Crippen LogP contribution in [0, 0.1) is 11.8 Å². The van der Waals surface area contributed by atoms with Crippen LogP contribution in [0.1, 0.15) is 44.6 Å². The molecule has 1 amide bonds. The van der Waals surface area contributed by atoms with Gasteiger partial charge in [-0.25, -0.2) is 0 Å². The van der Waals surface area contributed by atoms with Gasteiger partial charge < -0.3 is 10.6 Å². The van der Waals surface area contributed by atoms with E-state index in [-0.39, 0.29) is 18.3 Å². The minimum Gasteiger partial charge on any atom is -0.356 e. The Bertz CT molecular complexity index is 492. The van der Waals surface area contributed by atoms with Gasteiger partial charge in [0, 0.05) is 17.4 Å². The Hall–Kier alpha value is -0.580. The molecule has 1 saturated heterocycles. The van der Waals surface area contributed by atoms with Gasteiger partial charge in [0.1, 0.15) is 0 Å². The molecule has 5 heteroatoms. The quantitative estimate of drug-likeness (QED) is 0.661. The van der Waals surface area contributed by atoms with Gasteiger partial charge in [-0.2, -0.15) is 0 Å².